The molecule has 0 spiro atoms. The van der Waals surface area contributed by atoms with Crippen LogP contribution in [-0.4, -0.2) is 17.6 Å². The van der Waals surface area contributed by atoms with Gasteiger partial charge in [-0.1, -0.05) is 72.9 Å². The van der Waals surface area contributed by atoms with Gasteiger partial charge in [0.25, 0.3) is 5.91 Å². The summed E-state index contributed by atoms with van der Waals surface area (Å²) in [6.07, 6.45) is 9.83. The summed E-state index contributed by atoms with van der Waals surface area (Å²) in [4.78, 5) is 15.5. The highest BCUT2D eigenvalue weighted by Crippen LogP contribution is 2.49. The molecule has 1 aliphatic heterocycles. The molecule has 4 nitrogen and oxygen atoms in total. The lowest BCUT2D eigenvalue weighted by atomic mass is 9.93. The van der Waals surface area contributed by atoms with Crippen LogP contribution in [0.2, 0.25) is 0 Å². The van der Waals surface area contributed by atoms with Crippen molar-refractivity contribution in [2.45, 2.75) is 46.0 Å². The zero-order valence-electron chi connectivity index (χ0n) is 21.5. The number of hydrogen-bond donors (Lipinski definition) is 2. The standard InChI is InChI=1S/C19H16FNO3.C12H18/c1-11-14-8-15(17(22)9-16(14)21-18(11)23)12-2-4-13(5-3-12)19(6-7-19)10-24-20;1-6-7-8-12(11(4)5)9-10(2)3/h2-5,8-9,22H,1,6-7,10H2,(H,21,23);6-9H,1H2,2-5H3/b;8-7-. The first-order valence-corrected chi connectivity index (χ1v) is 12.0. The molecule has 188 valence electrons. The van der Waals surface area contributed by atoms with E-state index in [0.29, 0.717) is 22.4 Å². The molecule has 5 heteroatoms. The van der Waals surface area contributed by atoms with E-state index in [0.717, 1.165) is 24.0 Å². The zero-order chi connectivity index (χ0) is 26.5. The number of rotatable bonds is 7. The Morgan fingerprint density at radius 1 is 1.14 bits per heavy atom. The average Bonchev–Trinajstić information content (AvgIpc) is 3.57. The largest absolute Gasteiger partial charge is 0.507 e. The number of allylic oxidation sites excluding steroid dienone is 7. The van der Waals surface area contributed by atoms with Gasteiger partial charge in [-0.05, 0) is 67.8 Å². The van der Waals surface area contributed by atoms with Crippen LogP contribution >= 0.6 is 0 Å². The number of carbonyl (C=O) groups excluding carboxylic acids is 1. The van der Waals surface area contributed by atoms with Crippen molar-refractivity contribution in [2.24, 2.45) is 0 Å². The molecule has 2 aromatic rings. The number of halogens is 1. The molecule has 36 heavy (non-hydrogen) atoms. The predicted molar refractivity (Wildman–Crippen MR) is 146 cm³/mol. The SMILES string of the molecule is C=C/C=C\C(C=C(C)C)=C(C)C.C=C1C(=O)Nc2cc(O)c(-c3ccc(C4(COF)CC4)cc3)cc21. The minimum Gasteiger partial charge on any atom is -0.507 e. The monoisotopic (exact) mass is 487 g/mol. The Morgan fingerprint density at radius 2 is 1.81 bits per heavy atom. The number of phenols is 1. The average molecular weight is 488 g/mol. The van der Waals surface area contributed by atoms with Gasteiger partial charge in [0.2, 0.25) is 0 Å². The molecule has 0 unspecified atom stereocenters. The molecule has 1 aliphatic carbocycles. The van der Waals surface area contributed by atoms with Crippen LogP contribution in [0, 0.1) is 0 Å². The van der Waals surface area contributed by atoms with Crippen LogP contribution in [0.15, 0.2) is 90.6 Å². The molecule has 4 rings (SSSR count). The molecule has 2 aromatic carbocycles. The van der Waals surface area contributed by atoms with E-state index in [1.165, 1.54) is 22.8 Å². The summed E-state index contributed by atoms with van der Waals surface area (Å²) in [5, 5.41) is 12.9. The van der Waals surface area contributed by atoms with Gasteiger partial charge in [-0.3, -0.25) is 4.79 Å². The molecule has 0 aromatic heterocycles. The van der Waals surface area contributed by atoms with Crippen molar-refractivity contribution in [1.82, 2.24) is 0 Å². The predicted octanol–water partition coefficient (Wildman–Crippen LogP) is 7.99. The molecule has 1 amide bonds. The Bertz CT molecular complexity index is 1250. The van der Waals surface area contributed by atoms with Gasteiger partial charge in [-0.15, -0.1) is 0 Å². The minimum atomic E-state index is -0.251. The van der Waals surface area contributed by atoms with E-state index in [1.54, 1.807) is 12.1 Å². The summed E-state index contributed by atoms with van der Waals surface area (Å²) in [5.74, 6) is -0.163. The normalized spacial score (nSPS) is 14.9. The summed E-state index contributed by atoms with van der Waals surface area (Å²) in [7, 11) is 0. The van der Waals surface area contributed by atoms with E-state index in [9.17, 15) is 14.4 Å². The van der Waals surface area contributed by atoms with E-state index >= 15 is 0 Å². The second-order valence-corrected chi connectivity index (χ2v) is 9.73. The number of fused-ring (bicyclic) bond motifs is 1. The van der Waals surface area contributed by atoms with Crippen molar-refractivity contribution in [3.63, 3.8) is 0 Å². The Hall–Kier alpha value is -3.70. The van der Waals surface area contributed by atoms with Gasteiger partial charge in [0, 0.05) is 28.2 Å². The van der Waals surface area contributed by atoms with E-state index in [1.807, 2.05) is 30.3 Å². The quantitative estimate of drug-likeness (QED) is 0.307. The van der Waals surface area contributed by atoms with E-state index in [2.05, 4.69) is 63.3 Å². The van der Waals surface area contributed by atoms with Crippen LogP contribution in [0.25, 0.3) is 16.7 Å². The number of anilines is 1. The second kappa shape index (κ2) is 11.4. The molecule has 1 heterocycles. The molecule has 0 radical (unpaired) electrons. The van der Waals surface area contributed by atoms with Gasteiger partial charge < -0.3 is 10.4 Å². The zero-order valence-corrected chi connectivity index (χ0v) is 21.5. The van der Waals surface area contributed by atoms with Crippen LogP contribution in [0.3, 0.4) is 0 Å². The maximum atomic E-state index is 12.2. The Kier molecular flexibility index (Phi) is 8.49. The maximum absolute atomic E-state index is 12.2. The van der Waals surface area contributed by atoms with Crippen LogP contribution in [-0.2, 0) is 15.2 Å². The van der Waals surface area contributed by atoms with Crippen LogP contribution in [0.5, 0.6) is 5.75 Å². The van der Waals surface area contributed by atoms with E-state index < -0.39 is 0 Å². The van der Waals surface area contributed by atoms with Gasteiger partial charge in [-0.25, -0.2) is 0 Å². The van der Waals surface area contributed by atoms with Gasteiger partial charge in [-0.2, -0.15) is 4.94 Å². The van der Waals surface area contributed by atoms with Crippen molar-refractivity contribution >= 4 is 17.2 Å². The van der Waals surface area contributed by atoms with E-state index in [4.69, 9.17) is 0 Å². The lowest BCUT2D eigenvalue weighted by Gasteiger charge is -2.14. The van der Waals surface area contributed by atoms with E-state index in [-0.39, 0.29) is 23.7 Å². The maximum Gasteiger partial charge on any atom is 0.255 e. The van der Waals surface area contributed by atoms with Crippen molar-refractivity contribution in [3.8, 4) is 16.9 Å². The smallest absolute Gasteiger partial charge is 0.255 e. The molecule has 1 saturated carbocycles. The summed E-state index contributed by atoms with van der Waals surface area (Å²) in [5.41, 5.74) is 7.85. The third-order valence-corrected chi connectivity index (χ3v) is 6.41. The molecular formula is C31H34FNO3. The van der Waals surface area contributed by atoms with Crippen LogP contribution in [0.1, 0.15) is 51.7 Å². The second-order valence-electron chi connectivity index (χ2n) is 9.73. The fraction of sp³-hybridized carbons (Fsp3) is 0.258. The van der Waals surface area contributed by atoms with Crippen molar-refractivity contribution < 1.29 is 19.4 Å². The highest BCUT2D eigenvalue weighted by atomic mass is 19.3. The Labute approximate surface area is 213 Å². The first-order chi connectivity index (χ1) is 17.1. The number of amides is 1. The summed E-state index contributed by atoms with van der Waals surface area (Å²) in [6.45, 7) is 15.9. The number of carbonyl (C=O) groups is 1. The Balaban J connectivity index is 0.000000257. The highest BCUT2D eigenvalue weighted by molar-refractivity contribution is 6.31. The molecule has 1 fully saturated rings. The lowest BCUT2D eigenvalue weighted by molar-refractivity contribution is -0.140. The third-order valence-electron chi connectivity index (χ3n) is 6.41. The number of benzene rings is 2. The van der Waals surface area contributed by atoms with Crippen molar-refractivity contribution in [2.75, 3.05) is 11.9 Å². The van der Waals surface area contributed by atoms with Gasteiger partial charge in [0.05, 0.1) is 12.3 Å². The first-order valence-electron chi connectivity index (χ1n) is 12.0. The number of nitrogens with one attached hydrogen (secondary N) is 1. The van der Waals surface area contributed by atoms with Crippen LogP contribution in [0.4, 0.5) is 10.2 Å². The fourth-order valence-electron chi connectivity index (χ4n) is 4.11. The molecule has 2 N–H and O–H groups in total. The van der Waals surface area contributed by atoms with Gasteiger partial charge >= 0.3 is 0 Å². The number of aromatic hydroxyl groups is 1. The highest BCUT2D eigenvalue weighted by Gasteiger charge is 2.45. The number of phenolic OH excluding ortho intramolecular Hbond substituents is 1. The first kappa shape index (κ1) is 26.9. The topological polar surface area (TPSA) is 58.6 Å². The van der Waals surface area contributed by atoms with Crippen molar-refractivity contribution in [1.29, 1.82) is 0 Å². The van der Waals surface area contributed by atoms with Crippen LogP contribution < -0.4 is 5.32 Å². The molecule has 0 atom stereocenters. The van der Waals surface area contributed by atoms with Crippen molar-refractivity contribution in [3.05, 3.63) is 102 Å². The number of hydrogen-bond acceptors (Lipinski definition) is 3. The minimum absolute atomic E-state index is 0.0735. The molecular weight excluding hydrogens is 453 g/mol. The fourth-order valence-corrected chi connectivity index (χ4v) is 4.11. The summed E-state index contributed by atoms with van der Waals surface area (Å²) in [6, 6.07) is 11.0. The van der Waals surface area contributed by atoms with Gasteiger partial charge in [0.1, 0.15) is 5.75 Å². The summed E-state index contributed by atoms with van der Waals surface area (Å²) >= 11 is 0. The lowest BCUT2D eigenvalue weighted by Crippen LogP contribution is -2.12. The molecule has 0 bridgehead atoms. The summed E-state index contributed by atoms with van der Waals surface area (Å²) < 4.78 is 12.2. The van der Waals surface area contributed by atoms with Gasteiger partial charge in [0.15, 0.2) is 0 Å². The molecule has 2 aliphatic rings. The third kappa shape index (κ3) is 6.10. The Morgan fingerprint density at radius 3 is 2.33 bits per heavy atom. The molecule has 0 saturated heterocycles.